The molecule has 2 aromatic heterocycles. The zero-order valence-electron chi connectivity index (χ0n) is 19.0. The summed E-state index contributed by atoms with van der Waals surface area (Å²) < 4.78 is 7.26. The Labute approximate surface area is 187 Å². The van der Waals surface area contributed by atoms with Gasteiger partial charge < -0.3 is 30.5 Å². The Morgan fingerprint density at radius 1 is 1.25 bits per heavy atom. The van der Waals surface area contributed by atoms with Crippen LogP contribution in [0.25, 0.3) is 11.2 Å². The standard InChI is InChI=1S/C22H35N5O5/c1-4-13(5-2)24-18-15-19(26-21(25-18)22(31)8-6-7-12(3)9-22)27(11-23-15)20-17(30)16(29)14(10-28)32-20/h11-14,16-17,20,28-31H,4-10H2,1-3H3,(H,24,25,26)/t12-,14-,16+,17?,20-,22+/m1/s1. The Morgan fingerprint density at radius 2 is 2.00 bits per heavy atom. The fourth-order valence-corrected chi connectivity index (χ4v) is 4.93. The average Bonchev–Trinajstić information content (AvgIpc) is 3.32. The molecule has 1 saturated carbocycles. The van der Waals surface area contributed by atoms with Crippen molar-refractivity contribution in [1.82, 2.24) is 19.5 Å². The number of fused-ring (bicyclic) bond motifs is 1. The van der Waals surface area contributed by atoms with E-state index in [4.69, 9.17) is 14.7 Å². The van der Waals surface area contributed by atoms with Crippen LogP contribution in [0.15, 0.2) is 6.33 Å². The third kappa shape index (κ3) is 4.10. The molecule has 1 aliphatic heterocycles. The Hall–Kier alpha value is -1.85. The van der Waals surface area contributed by atoms with E-state index in [-0.39, 0.29) is 6.04 Å². The lowest BCUT2D eigenvalue weighted by molar-refractivity contribution is -0.0513. The molecular formula is C22H35N5O5. The van der Waals surface area contributed by atoms with Gasteiger partial charge in [0.2, 0.25) is 0 Å². The van der Waals surface area contributed by atoms with E-state index in [0.29, 0.717) is 41.6 Å². The molecule has 0 amide bonds. The first-order valence-electron chi connectivity index (χ1n) is 11.7. The van der Waals surface area contributed by atoms with Crippen LogP contribution in [0.4, 0.5) is 5.82 Å². The van der Waals surface area contributed by atoms with Crippen LogP contribution < -0.4 is 5.32 Å². The molecule has 10 heteroatoms. The van der Waals surface area contributed by atoms with E-state index in [9.17, 15) is 20.4 Å². The van der Waals surface area contributed by atoms with Crippen LogP contribution in [0.1, 0.15) is 71.3 Å². The molecule has 3 heterocycles. The van der Waals surface area contributed by atoms with E-state index in [0.717, 1.165) is 25.7 Å². The number of ether oxygens (including phenoxy) is 1. The zero-order chi connectivity index (χ0) is 23.0. The largest absolute Gasteiger partial charge is 0.394 e. The first kappa shape index (κ1) is 23.3. The van der Waals surface area contributed by atoms with Gasteiger partial charge in [-0.25, -0.2) is 15.0 Å². The van der Waals surface area contributed by atoms with E-state index in [1.54, 1.807) is 4.57 Å². The maximum Gasteiger partial charge on any atom is 0.168 e. The molecule has 1 aliphatic carbocycles. The molecule has 178 valence electrons. The zero-order valence-corrected chi connectivity index (χ0v) is 19.0. The quantitative estimate of drug-likeness (QED) is 0.424. The molecule has 1 saturated heterocycles. The van der Waals surface area contributed by atoms with Gasteiger partial charge in [-0.3, -0.25) is 4.57 Å². The third-order valence-electron chi connectivity index (χ3n) is 6.93. The van der Waals surface area contributed by atoms with Gasteiger partial charge in [0.1, 0.15) is 23.9 Å². The molecule has 1 unspecified atom stereocenters. The Bertz CT molecular complexity index is 935. The monoisotopic (exact) mass is 449 g/mol. The number of anilines is 1. The van der Waals surface area contributed by atoms with Crippen molar-refractivity contribution in [3.63, 3.8) is 0 Å². The summed E-state index contributed by atoms with van der Waals surface area (Å²) in [6.07, 6.45) is 2.05. The van der Waals surface area contributed by atoms with Gasteiger partial charge in [0.15, 0.2) is 29.0 Å². The van der Waals surface area contributed by atoms with Gasteiger partial charge in [0.25, 0.3) is 0 Å². The molecule has 2 aromatic rings. The highest BCUT2D eigenvalue weighted by atomic mass is 16.6. The minimum atomic E-state index is -1.25. The topological polar surface area (TPSA) is 146 Å². The van der Waals surface area contributed by atoms with Gasteiger partial charge in [0.05, 0.1) is 12.9 Å². The van der Waals surface area contributed by atoms with E-state index in [1.165, 1.54) is 6.33 Å². The number of aliphatic hydroxyl groups is 4. The number of aliphatic hydroxyl groups excluding tert-OH is 3. The Morgan fingerprint density at radius 3 is 2.62 bits per heavy atom. The van der Waals surface area contributed by atoms with Gasteiger partial charge in [-0.15, -0.1) is 0 Å². The highest BCUT2D eigenvalue weighted by Crippen LogP contribution is 2.40. The van der Waals surface area contributed by atoms with Gasteiger partial charge in [-0.05, 0) is 38.0 Å². The number of aromatic nitrogens is 4. The Balaban J connectivity index is 1.82. The van der Waals surface area contributed by atoms with E-state index in [1.807, 2.05) is 0 Å². The van der Waals surface area contributed by atoms with E-state index in [2.05, 4.69) is 31.1 Å². The van der Waals surface area contributed by atoms with Crippen LogP contribution in [-0.4, -0.2) is 70.9 Å². The van der Waals surface area contributed by atoms with Crippen molar-refractivity contribution in [3.05, 3.63) is 12.2 Å². The molecule has 6 atom stereocenters. The SMILES string of the molecule is CCC(CC)Nc1nc([C@]2(O)CCC[C@@H](C)C2)nc2c1ncn2[C@@H]1O[C@H](CO)[C@H](O)C1O. The fraction of sp³-hybridized carbons (Fsp3) is 0.773. The lowest BCUT2D eigenvalue weighted by Crippen LogP contribution is -2.35. The molecule has 0 radical (unpaired) electrons. The van der Waals surface area contributed by atoms with E-state index < -0.39 is 36.7 Å². The number of rotatable bonds is 7. The lowest BCUT2D eigenvalue weighted by atomic mass is 9.78. The predicted octanol–water partition coefficient (Wildman–Crippen LogP) is 1.44. The summed E-state index contributed by atoms with van der Waals surface area (Å²) in [5, 5.41) is 45.1. The molecule has 0 aromatic carbocycles. The number of hydrogen-bond acceptors (Lipinski definition) is 9. The van der Waals surface area contributed by atoms with Crippen molar-refractivity contribution in [2.24, 2.45) is 5.92 Å². The smallest absolute Gasteiger partial charge is 0.168 e. The van der Waals surface area contributed by atoms with Gasteiger partial charge >= 0.3 is 0 Å². The minimum absolute atomic E-state index is 0.180. The van der Waals surface area contributed by atoms with Crippen molar-refractivity contribution in [2.75, 3.05) is 11.9 Å². The molecule has 5 N–H and O–H groups in total. The fourth-order valence-electron chi connectivity index (χ4n) is 4.93. The van der Waals surface area contributed by atoms with Crippen LogP contribution in [0, 0.1) is 5.92 Å². The molecular weight excluding hydrogens is 414 g/mol. The molecule has 2 aliphatic rings. The van der Waals surface area contributed by atoms with E-state index >= 15 is 0 Å². The highest BCUT2D eigenvalue weighted by Gasteiger charge is 2.44. The van der Waals surface area contributed by atoms with Crippen molar-refractivity contribution in [2.45, 2.75) is 95.5 Å². The molecule has 4 rings (SSSR count). The van der Waals surface area contributed by atoms with Crippen molar-refractivity contribution < 1.29 is 25.2 Å². The average molecular weight is 450 g/mol. The molecule has 0 spiro atoms. The van der Waals surface area contributed by atoms with Crippen LogP contribution >= 0.6 is 0 Å². The first-order chi connectivity index (χ1) is 15.3. The highest BCUT2D eigenvalue weighted by molar-refractivity contribution is 5.83. The summed E-state index contributed by atoms with van der Waals surface area (Å²) in [5.74, 6) is 1.23. The van der Waals surface area contributed by atoms with Gasteiger partial charge in [-0.1, -0.05) is 27.2 Å². The maximum atomic E-state index is 11.5. The normalized spacial score (nSPS) is 33.3. The third-order valence-corrected chi connectivity index (χ3v) is 6.93. The summed E-state index contributed by atoms with van der Waals surface area (Å²) in [5.41, 5.74) is -0.232. The number of nitrogens with one attached hydrogen (secondary N) is 1. The summed E-state index contributed by atoms with van der Waals surface area (Å²) in [6, 6.07) is 0.180. The molecule has 10 nitrogen and oxygen atoms in total. The van der Waals surface area contributed by atoms with Crippen LogP contribution in [0.2, 0.25) is 0 Å². The maximum absolute atomic E-state index is 11.5. The van der Waals surface area contributed by atoms with Crippen molar-refractivity contribution in [3.8, 4) is 0 Å². The van der Waals surface area contributed by atoms with Crippen LogP contribution in [0.5, 0.6) is 0 Å². The van der Waals surface area contributed by atoms with Gasteiger partial charge in [-0.2, -0.15) is 0 Å². The summed E-state index contributed by atoms with van der Waals surface area (Å²) >= 11 is 0. The van der Waals surface area contributed by atoms with Crippen molar-refractivity contribution >= 4 is 17.0 Å². The van der Waals surface area contributed by atoms with Crippen molar-refractivity contribution in [1.29, 1.82) is 0 Å². The van der Waals surface area contributed by atoms with Crippen LogP contribution in [0.3, 0.4) is 0 Å². The number of imidazole rings is 1. The number of hydrogen-bond donors (Lipinski definition) is 5. The minimum Gasteiger partial charge on any atom is -0.394 e. The van der Waals surface area contributed by atoms with Gasteiger partial charge in [0, 0.05) is 6.04 Å². The summed E-state index contributed by atoms with van der Waals surface area (Å²) in [6.45, 7) is 5.89. The number of nitrogens with zero attached hydrogens (tertiary/aromatic N) is 4. The Kier molecular flexibility index (Phi) is 6.69. The van der Waals surface area contributed by atoms with Crippen LogP contribution in [-0.2, 0) is 10.3 Å². The second-order valence-electron chi connectivity index (χ2n) is 9.34. The predicted molar refractivity (Wildman–Crippen MR) is 118 cm³/mol. The second kappa shape index (κ2) is 9.18. The molecule has 32 heavy (non-hydrogen) atoms. The summed E-state index contributed by atoms with van der Waals surface area (Å²) in [4.78, 5) is 13.9. The first-order valence-corrected chi connectivity index (χ1v) is 11.7. The molecule has 0 bridgehead atoms. The lowest BCUT2D eigenvalue weighted by Gasteiger charge is -2.34. The molecule has 2 fully saturated rings. The summed E-state index contributed by atoms with van der Waals surface area (Å²) in [7, 11) is 0. The second-order valence-corrected chi connectivity index (χ2v) is 9.34.